The number of rotatable bonds is 1. The van der Waals surface area contributed by atoms with Crippen LogP contribution in [0.5, 0.6) is 0 Å². The van der Waals surface area contributed by atoms with Crippen molar-refractivity contribution >= 4 is 5.97 Å². The number of piperazine rings is 1. The van der Waals surface area contributed by atoms with E-state index in [1.807, 2.05) is 6.92 Å². The second kappa shape index (κ2) is 5.62. The van der Waals surface area contributed by atoms with Gasteiger partial charge in [-0.25, -0.2) is 0 Å². The van der Waals surface area contributed by atoms with Crippen molar-refractivity contribution in [1.82, 2.24) is 10.4 Å². The van der Waals surface area contributed by atoms with Crippen LogP contribution >= 0.6 is 0 Å². The Morgan fingerprint density at radius 2 is 2.33 bits per heavy atom. The predicted molar refractivity (Wildman–Crippen MR) is 40.8 cm³/mol. The van der Waals surface area contributed by atoms with Crippen LogP contribution < -0.4 is 5.32 Å². The van der Waals surface area contributed by atoms with Gasteiger partial charge in [0.1, 0.15) is 0 Å². The number of nitrogens with zero attached hydrogens (tertiary/aromatic N) is 1. The van der Waals surface area contributed by atoms with Crippen LogP contribution in [0, 0.1) is 0 Å². The molecule has 0 bridgehead atoms. The number of hydrogen-bond donors (Lipinski definition) is 1. The molecular weight excluding hydrogens is 209 g/mol. The Hall–Kier alpha value is 0.0134. The van der Waals surface area contributed by atoms with E-state index in [1.165, 1.54) is 6.92 Å². The molecule has 1 atom stereocenters. The van der Waals surface area contributed by atoms with Crippen LogP contribution in [0.4, 0.5) is 0 Å². The molecule has 1 rings (SSSR count). The van der Waals surface area contributed by atoms with E-state index in [9.17, 15) is 4.79 Å². The maximum atomic E-state index is 10.6. The van der Waals surface area contributed by atoms with Crippen LogP contribution in [0.2, 0.25) is 0 Å². The van der Waals surface area contributed by atoms with Gasteiger partial charge in [0, 0.05) is 46.0 Å². The third kappa shape index (κ3) is 3.61. The molecular formula is C7H14N2O2Zn. The fraction of sp³-hybridized carbons (Fsp3) is 0.857. The van der Waals surface area contributed by atoms with E-state index in [2.05, 4.69) is 5.32 Å². The van der Waals surface area contributed by atoms with Gasteiger partial charge < -0.3 is 10.2 Å². The summed E-state index contributed by atoms with van der Waals surface area (Å²) < 4.78 is 0. The molecule has 0 saturated carbocycles. The average Bonchev–Trinajstić information content (AvgIpc) is 1.93. The van der Waals surface area contributed by atoms with Crippen molar-refractivity contribution < 1.29 is 29.1 Å². The second-order valence-corrected chi connectivity index (χ2v) is 2.78. The Bertz CT molecular complexity index is 154. The Balaban J connectivity index is 0.00000121. The molecule has 1 heterocycles. The maximum absolute atomic E-state index is 10.6. The van der Waals surface area contributed by atoms with Crippen LogP contribution in [-0.2, 0) is 29.1 Å². The molecule has 0 aromatic carbocycles. The molecule has 1 fully saturated rings. The van der Waals surface area contributed by atoms with Crippen molar-refractivity contribution in [2.45, 2.75) is 19.9 Å². The molecule has 4 nitrogen and oxygen atoms in total. The first kappa shape index (κ1) is 12.0. The first-order valence-corrected chi connectivity index (χ1v) is 3.86. The van der Waals surface area contributed by atoms with Gasteiger partial charge in [-0.05, 0) is 6.92 Å². The first-order valence-electron chi connectivity index (χ1n) is 3.86. The summed E-state index contributed by atoms with van der Waals surface area (Å²) >= 11 is 0. The molecule has 1 N–H and O–H groups in total. The molecule has 0 aromatic heterocycles. The van der Waals surface area contributed by atoms with Crippen molar-refractivity contribution in [3.05, 3.63) is 0 Å². The van der Waals surface area contributed by atoms with E-state index in [0.29, 0.717) is 0 Å². The largest absolute Gasteiger partial charge is 0.368 e. The summed E-state index contributed by atoms with van der Waals surface area (Å²) in [4.78, 5) is 15.5. The third-order valence-electron chi connectivity index (χ3n) is 1.69. The maximum Gasteiger partial charge on any atom is 0.322 e. The van der Waals surface area contributed by atoms with Gasteiger partial charge in [0.05, 0.1) is 6.04 Å². The SMILES string of the molecule is CC(=O)ON1CCNCC1C.[Zn]. The van der Waals surface area contributed by atoms with E-state index in [0.717, 1.165) is 19.6 Å². The zero-order valence-electron chi connectivity index (χ0n) is 7.67. The second-order valence-electron chi connectivity index (χ2n) is 2.78. The van der Waals surface area contributed by atoms with Crippen LogP contribution in [0.1, 0.15) is 13.8 Å². The normalized spacial score (nSPS) is 24.3. The summed E-state index contributed by atoms with van der Waals surface area (Å²) in [5.41, 5.74) is 0. The van der Waals surface area contributed by atoms with Crippen molar-refractivity contribution in [3.63, 3.8) is 0 Å². The van der Waals surface area contributed by atoms with Crippen LogP contribution in [-0.4, -0.2) is 36.7 Å². The Morgan fingerprint density at radius 1 is 1.67 bits per heavy atom. The minimum atomic E-state index is -0.237. The molecule has 0 spiro atoms. The molecule has 5 heteroatoms. The summed E-state index contributed by atoms with van der Waals surface area (Å²) in [7, 11) is 0. The number of hydrogen-bond acceptors (Lipinski definition) is 4. The number of carbonyl (C=O) groups excluding carboxylic acids is 1. The van der Waals surface area contributed by atoms with E-state index in [1.54, 1.807) is 5.06 Å². The van der Waals surface area contributed by atoms with E-state index >= 15 is 0 Å². The molecule has 1 aliphatic rings. The van der Waals surface area contributed by atoms with E-state index in [4.69, 9.17) is 4.84 Å². The molecule has 66 valence electrons. The van der Waals surface area contributed by atoms with Crippen LogP contribution in [0.15, 0.2) is 0 Å². The molecule has 0 aromatic rings. The van der Waals surface area contributed by atoms with Crippen molar-refractivity contribution in [3.8, 4) is 0 Å². The molecule has 1 unspecified atom stereocenters. The standard InChI is InChI=1S/C7H14N2O2.Zn/c1-6-5-8-3-4-9(6)11-7(2)10;/h6,8H,3-5H2,1-2H3;. The summed E-state index contributed by atoms with van der Waals surface area (Å²) in [5.74, 6) is -0.237. The van der Waals surface area contributed by atoms with Gasteiger partial charge in [-0.15, -0.1) is 5.06 Å². The van der Waals surface area contributed by atoms with E-state index in [-0.39, 0.29) is 31.5 Å². The van der Waals surface area contributed by atoms with Gasteiger partial charge in [0.2, 0.25) is 0 Å². The van der Waals surface area contributed by atoms with Gasteiger partial charge in [0.15, 0.2) is 0 Å². The summed E-state index contributed by atoms with van der Waals surface area (Å²) in [6.45, 7) is 6.00. The Labute approximate surface area is 85.3 Å². The Morgan fingerprint density at radius 3 is 2.83 bits per heavy atom. The predicted octanol–water partition coefficient (Wildman–Crippen LogP) is -0.244. The topological polar surface area (TPSA) is 41.6 Å². The third-order valence-corrected chi connectivity index (χ3v) is 1.69. The average molecular weight is 224 g/mol. The van der Waals surface area contributed by atoms with Crippen molar-refractivity contribution in [2.24, 2.45) is 0 Å². The number of nitrogens with one attached hydrogen (secondary N) is 1. The van der Waals surface area contributed by atoms with Crippen LogP contribution in [0.3, 0.4) is 0 Å². The zero-order valence-corrected chi connectivity index (χ0v) is 10.6. The van der Waals surface area contributed by atoms with Gasteiger partial charge >= 0.3 is 5.97 Å². The van der Waals surface area contributed by atoms with Gasteiger partial charge in [-0.2, -0.15) is 0 Å². The van der Waals surface area contributed by atoms with Crippen LogP contribution in [0.25, 0.3) is 0 Å². The minimum absolute atomic E-state index is 0. The fourth-order valence-electron chi connectivity index (χ4n) is 1.12. The molecule has 12 heavy (non-hydrogen) atoms. The zero-order chi connectivity index (χ0) is 8.27. The quantitative estimate of drug-likeness (QED) is 0.623. The Kier molecular flexibility index (Phi) is 5.63. The van der Waals surface area contributed by atoms with Crippen molar-refractivity contribution in [1.29, 1.82) is 0 Å². The van der Waals surface area contributed by atoms with Gasteiger partial charge in [-0.1, -0.05) is 0 Å². The summed E-state index contributed by atoms with van der Waals surface area (Å²) in [5, 5.41) is 4.93. The molecule has 0 aliphatic carbocycles. The summed E-state index contributed by atoms with van der Waals surface area (Å²) in [6.07, 6.45) is 0. The smallest absolute Gasteiger partial charge is 0.322 e. The number of carbonyl (C=O) groups is 1. The molecule has 0 radical (unpaired) electrons. The van der Waals surface area contributed by atoms with Crippen molar-refractivity contribution in [2.75, 3.05) is 19.6 Å². The monoisotopic (exact) mass is 222 g/mol. The molecule has 1 saturated heterocycles. The fourth-order valence-corrected chi connectivity index (χ4v) is 1.12. The minimum Gasteiger partial charge on any atom is -0.368 e. The summed E-state index contributed by atoms with van der Waals surface area (Å²) in [6, 6.07) is 0.285. The molecule has 1 aliphatic heterocycles. The first-order chi connectivity index (χ1) is 5.20. The van der Waals surface area contributed by atoms with Gasteiger partial charge in [0.25, 0.3) is 0 Å². The molecule has 0 amide bonds. The van der Waals surface area contributed by atoms with Gasteiger partial charge in [-0.3, -0.25) is 4.79 Å². The van der Waals surface area contributed by atoms with E-state index < -0.39 is 0 Å². The number of hydroxylamine groups is 2.